The van der Waals surface area contributed by atoms with Crippen LogP contribution in [0.1, 0.15) is 20.8 Å². The summed E-state index contributed by atoms with van der Waals surface area (Å²) in [5, 5.41) is 22.2. The Kier molecular flexibility index (Phi) is 37.4. The average molecular weight is 244 g/mol. The van der Waals surface area contributed by atoms with E-state index in [-0.39, 0.29) is 0 Å². The van der Waals surface area contributed by atoms with Crippen molar-refractivity contribution in [2.45, 2.75) is 20.8 Å². The molecule has 0 aromatic carbocycles. The summed E-state index contributed by atoms with van der Waals surface area (Å²) in [6, 6.07) is 0. The Labute approximate surface area is 92.5 Å². The normalized spacial score (nSPS) is 5.57. The van der Waals surface area contributed by atoms with Crippen LogP contribution < -0.4 is 0 Å². The fourth-order valence-corrected chi connectivity index (χ4v) is 0. The second kappa shape index (κ2) is 22.7. The van der Waals surface area contributed by atoms with Crippen molar-refractivity contribution in [1.29, 1.82) is 0 Å². The van der Waals surface area contributed by atoms with Gasteiger partial charge in [0.25, 0.3) is 17.9 Å². The molecule has 0 aliphatic rings. The molecule has 0 rings (SSSR count). The van der Waals surface area contributed by atoms with Crippen LogP contribution in [0.25, 0.3) is 0 Å². The molecule has 14 heavy (non-hydrogen) atoms. The van der Waals surface area contributed by atoms with E-state index in [0.717, 1.165) is 41.2 Å². The third kappa shape index (κ3) is 930. The summed E-state index contributed by atoms with van der Waals surface area (Å²) in [5.41, 5.74) is 0. The van der Waals surface area contributed by atoms with Crippen molar-refractivity contribution in [3.8, 4) is 0 Å². The minimum absolute atomic E-state index is 0.750. The van der Waals surface area contributed by atoms with Crippen LogP contribution in [0.4, 0.5) is 0 Å². The Balaban J connectivity index is -0.0000000492. The molecule has 0 radical (unpaired) electrons. The zero-order valence-electron chi connectivity index (χ0n) is 7.97. The number of carboxylic acid groups (broad SMARTS) is 3. The van der Waals surface area contributed by atoms with E-state index in [1.165, 1.54) is 0 Å². The van der Waals surface area contributed by atoms with Crippen molar-refractivity contribution in [2.24, 2.45) is 0 Å². The molecule has 0 aliphatic carbocycles. The van der Waals surface area contributed by atoms with Gasteiger partial charge < -0.3 is 15.3 Å². The molecule has 0 aromatic heterocycles. The Hall–Kier alpha value is -1.08. The molecule has 0 atom stereocenters. The van der Waals surface area contributed by atoms with Crippen LogP contribution in [0, 0.1) is 0 Å². The second-order valence-corrected chi connectivity index (χ2v) is 1.56. The molecular formula is C6H12O7Ti. The molecule has 8 heteroatoms. The van der Waals surface area contributed by atoms with Crippen LogP contribution >= 0.6 is 0 Å². The van der Waals surface area contributed by atoms with Crippen LogP contribution in [-0.2, 0) is 38.1 Å². The van der Waals surface area contributed by atoms with Crippen molar-refractivity contribution in [1.82, 2.24) is 0 Å². The summed E-state index contributed by atoms with van der Waals surface area (Å²) in [6.45, 7) is 3.25. The first-order valence-corrected chi connectivity index (χ1v) is 3.62. The summed E-state index contributed by atoms with van der Waals surface area (Å²) in [4.78, 5) is 27.0. The summed E-state index contributed by atoms with van der Waals surface area (Å²) >= 11 is 0.750. The van der Waals surface area contributed by atoms with E-state index in [1.54, 1.807) is 0 Å². The van der Waals surface area contributed by atoms with Gasteiger partial charge in [0, 0.05) is 20.8 Å². The molecule has 0 spiro atoms. The Bertz CT molecular complexity index is 127. The Morgan fingerprint density at radius 1 is 0.714 bits per heavy atom. The van der Waals surface area contributed by atoms with Crippen LogP contribution in [-0.4, -0.2) is 33.2 Å². The van der Waals surface area contributed by atoms with Gasteiger partial charge >= 0.3 is 23.7 Å². The Morgan fingerprint density at radius 3 is 0.714 bits per heavy atom. The average Bonchev–Trinajstić information content (AvgIpc) is 1.86. The number of carboxylic acids is 3. The third-order valence-electron chi connectivity index (χ3n) is 0. The molecule has 0 aliphatic heterocycles. The minimum atomic E-state index is -0.833. The van der Waals surface area contributed by atoms with Gasteiger partial charge in [0.05, 0.1) is 0 Å². The first-order chi connectivity index (χ1) is 6.20. The molecular weight excluding hydrogens is 232 g/mol. The number of carbonyl (C=O) groups is 3. The van der Waals surface area contributed by atoms with Gasteiger partial charge in [-0.2, -0.15) is 0 Å². The van der Waals surface area contributed by atoms with E-state index in [1.807, 2.05) is 0 Å². The maximum absolute atomic E-state index is 9.00. The van der Waals surface area contributed by atoms with E-state index in [2.05, 4.69) is 0 Å². The molecule has 0 heterocycles. The first kappa shape index (κ1) is 23.1. The summed E-state index contributed by atoms with van der Waals surface area (Å²) in [5.74, 6) is -2.50. The molecule has 0 saturated heterocycles. The van der Waals surface area contributed by atoms with Crippen molar-refractivity contribution in [2.75, 3.05) is 0 Å². The van der Waals surface area contributed by atoms with E-state index >= 15 is 0 Å². The van der Waals surface area contributed by atoms with Gasteiger partial charge in [-0.3, -0.25) is 14.4 Å². The van der Waals surface area contributed by atoms with E-state index in [0.29, 0.717) is 0 Å². The second-order valence-electron chi connectivity index (χ2n) is 1.56. The zero-order valence-corrected chi connectivity index (χ0v) is 9.54. The van der Waals surface area contributed by atoms with Gasteiger partial charge in [0.15, 0.2) is 0 Å². The van der Waals surface area contributed by atoms with E-state index in [9.17, 15) is 0 Å². The third-order valence-corrected chi connectivity index (χ3v) is 0. The summed E-state index contributed by atoms with van der Waals surface area (Å²) in [6.07, 6.45) is 0. The van der Waals surface area contributed by atoms with Crippen LogP contribution in [0.5, 0.6) is 0 Å². The zero-order chi connectivity index (χ0) is 12.7. The van der Waals surface area contributed by atoms with Crippen molar-refractivity contribution in [3.05, 3.63) is 0 Å². The SMILES string of the molecule is CC(=O)O.CC(=O)O.CC(=O)O.[O]=[Ti]. The molecule has 0 saturated carbocycles. The molecule has 82 valence electrons. The molecule has 0 unspecified atom stereocenters. The summed E-state index contributed by atoms with van der Waals surface area (Å²) in [7, 11) is 0. The van der Waals surface area contributed by atoms with Crippen LogP contribution in [0.2, 0.25) is 0 Å². The molecule has 0 fully saturated rings. The van der Waals surface area contributed by atoms with Crippen LogP contribution in [0.15, 0.2) is 0 Å². The topological polar surface area (TPSA) is 129 Å². The van der Waals surface area contributed by atoms with Gasteiger partial charge in [-0.25, -0.2) is 0 Å². The van der Waals surface area contributed by atoms with Crippen molar-refractivity contribution >= 4 is 17.9 Å². The molecule has 3 N–H and O–H groups in total. The molecule has 0 amide bonds. The van der Waals surface area contributed by atoms with Gasteiger partial charge in [0.2, 0.25) is 0 Å². The van der Waals surface area contributed by atoms with Crippen molar-refractivity contribution in [3.63, 3.8) is 0 Å². The fourth-order valence-electron chi connectivity index (χ4n) is 0. The summed E-state index contributed by atoms with van der Waals surface area (Å²) < 4.78 is 8.25. The van der Waals surface area contributed by atoms with Crippen LogP contribution in [0.3, 0.4) is 0 Å². The van der Waals surface area contributed by atoms with Gasteiger partial charge in [0.1, 0.15) is 0 Å². The van der Waals surface area contributed by atoms with Gasteiger partial charge in [-0.15, -0.1) is 0 Å². The standard InChI is InChI=1S/3C2H4O2.O.Ti/c3*1-2(3)4;;/h3*1H3,(H,3,4);;. The monoisotopic (exact) mass is 244 g/mol. The predicted octanol–water partition coefficient (Wildman–Crippen LogP) is 0.151. The van der Waals surface area contributed by atoms with E-state index < -0.39 is 17.9 Å². The number of hydrogen-bond donors (Lipinski definition) is 3. The molecule has 7 nitrogen and oxygen atoms in total. The predicted molar refractivity (Wildman–Crippen MR) is 40.6 cm³/mol. The van der Waals surface area contributed by atoms with Gasteiger partial charge in [-0.1, -0.05) is 0 Å². The molecule has 0 aromatic rings. The van der Waals surface area contributed by atoms with E-state index in [4.69, 9.17) is 33.0 Å². The van der Waals surface area contributed by atoms with Crippen molar-refractivity contribution < 1.29 is 53.4 Å². The molecule has 0 bridgehead atoms. The fraction of sp³-hybridized carbons (Fsp3) is 0.500. The first-order valence-electron chi connectivity index (χ1n) is 2.99. The number of hydrogen-bond acceptors (Lipinski definition) is 4. The number of aliphatic carboxylic acids is 3. The quantitative estimate of drug-likeness (QED) is 0.517. The number of rotatable bonds is 0. The Morgan fingerprint density at radius 2 is 0.714 bits per heavy atom. The van der Waals surface area contributed by atoms with Gasteiger partial charge in [-0.05, 0) is 0 Å². The maximum atomic E-state index is 9.00.